The molecule has 8 heteroatoms. The van der Waals surface area contributed by atoms with Crippen LogP contribution in [-0.2, 0) is 11.2 Å². The molecule has 0 aliphatic carbocycles. The lowest BCUT2D eigenvalue weighted by molar-refractivity contribution is -0.0114. The molecule has 4 aromatic rings. The predicted octanol–water partition coefficient (Wildman–Crippen LogP) is 3.31. The van der Waals surface area contributed by atoms with E-state index < -0.39 is 0 Å². The van der Waals surface area contributed by atoms with E-state index in [2.05, 4.69) is 55.7 Å². The van der Waals surface area contributed by atoms with Gasteiger partial charge in [-0.2, -0.15) is 5.10 Å². The first-order chi connectivity index (χ1) is 17.2. The van der Waals surface area contributed by atoms with Crippen LogP contribution in [0, 0.1) is 0 Å². The number of hydrogen-bond donors (Lipinski definition) is 3. The van der Waals surface area contributed by atoms with Crippen LogP contribution < -0.4 is 16.2 Å². The van der Waals surface area contributed by atoms with Crippen LogP contribution in [0.3, 0.4) is 0 Å². The van der Waals surface area contributed by atoms with Crippen molar-refractivity contribution in [3.05, 3.63) is 90.5 Å². The Kier molecular flexibility index (Phi) is 7.04. The van der Waals surface area contributed by atoms with Crippen LogP contribution >= 0.6 is 0 Å². The molecule has 1 aliphatic heterocycles. The van der Waals surface area contributed by atoms with Crippen molar-refractivity contribution in [3.8, 4) is 11.3 Å². The quantitative estimate of drug-likeness (QED) is 0.269. The number of aromatic nitrogens is 3. The minimum Gasteiger partial charge on any atom is -0.388 e. The Balaban J connectivity index is 1.31. The third-order valence-corrected chi connectivity index (χ3v) is 6.42. The predicted molar refractivity (Wildman–Crippen MR) is 139 cm³/mol. The first-order valence-corrected chi connectivity index (χ1v) is 11.9. The van der Waals surface area contributed by atoms with Crippen LogP contribution in [0.5, 0.6) is 0 Å². The van der Waals surface area contributed by atoms with Crippen molar-refractivity contribution >= 4 is 16.6 Å². The molecule has 5 rings (SSSR count). The van der Waals surface area contributed by atoms with Crippen LogP contribution in [0.15, 0.2) is 85.0 Å². The molecular weight excluding hydrogens is 438 g/mol. The van der Waals surface area contributed by atoms with Gasteiger partial charge in [0.05, 0.1) is 23.5 Å². The van der Waals surface area contributed by atoms with E-state index in [1.165, 1.54) is 5.56 Å². The normalized spacial score (nSPS) is 17.0. The number of nitrogens with two attached hydrogens (primary N) is 1. The van der Waals surface area contributed by atoms with Gasteiger partial charge in [0.1, 0.15) is 11.8 Å². The highest BCUT2D eigenvalue weighted by molar-refractivity contribution is 5.95. The van der Waals surface area contributed by atoms with E-state index in [9.17, 15) is 0 Å². The van der Waals surface area contributed by atoms with Crippen LogP contribution in [-0.4, -0.2) is 59.5 Å². The van der Waals surface area contributed by atoms with Crippen molar-refractivity contribution < 1.29 is 4.74 Å². The van der Waals surface area contributed by atoms with Crippen LogP contribution in [0.2, 0.25) is 0 Å². The van der Waals surface area contributed by atoms with E-state index in [1.54, 1.807) is 17.4 Å². The number of likely N-dealkylation sites (N-methyl/N-ethyl adjacent to an activating group) is 1. The van der Waals surface area contributed by atoms with Gasteiger partial charge >= 0.3 is 0 Å². The van der Waals surface area contributed by atoms with Gasteiger partial charge < -0.3 is 10.1 Å². The van der Waals surface area contributed by atoms with Gasteiger partial charge in [-0.3, -0.25) is 20.0 Å². The van der Waals surface area contributed by atoms with E-state index in [4.69, 9.17) is 10.6 Å². The summed E-state index contributed by atoms with van der Waals surface area (Å²) in [6.45, 7) is 3.45. The Morgan fingerprint density at radius 1 is 1.20 bits per heavy atom. The summed E-state index contributed by atoms with van der Waals surface area (Å²) in [7, 11) is 1.91. The van der Waals surface area contributed by atoms with Crippen molar-refractivity contribution in [2.24, 2.45) is 5.84 Å². The summed E-state index contributed by atoms with van der Waals surface area (Å²) in [5.41, 5.74) is 5.99. The molecule has 35 heavy (non-hydrogen) atoms. The Morgan fingerprint density at radius 3 is 2.83 bits per heavy atom. The molecule has 2 aromatic heterocycles. The van der Waals surface area contributed by atoms with Gasteiger partial charge in [-0.1, -0.05) is 30.3 Å². The van der Waals surface area contributed by atoms with E-state index in [-0.39, 0.29) is 6.10 Å². The minimum absolute atomic E-state index is 0.0689. The number of aromatic amines is 1. The van der Waals surface area contributed by atoms with Gasteiger partial charge in [-0.25, -0.2) is 5.84 Å². The maximum atomic E-state index is 6.50. The molecule has 180 valence electrons. The number of ether oxygens (including phenoxy) is 1. The fraction of sp³-hybridized carbons (Fsp3) is 0.259. The van der Waals surface area contributed by atoms with E-state index in [0.29, 0.717) is 6.61 Å². The molecule has 8 nitrogen and oxygen atoms in total. The Bertz CT molecular complexity index is 1270. The van der Waals surface area contributed by atoms with Crippen molar-refractivity contribution in [3.63, 3.8) is 0 Å². The number of pyridine rings is 1. The number of nitrogens with one attached hydrogen (secondary N) is 2. The molecule has 3 heterocycles. The second-order valence-corrected chi connectivity index (χ2v) is 8.68. The summed E-state index contributed by atoms with van der Waals surface area (Å²) in [5.74, 6) is 6.50. The van der Waals surface area contributed by atoms with Gasteiger partial charge in [-0.15, -0.1) is 0 Å². The van der Waals surface area contributed by atoms with Crippen LogP contribution in [0.25, 0.3) is 22.2 Å². The van der Waals surface area contributed by atoms with E-state index in [0.717, 1.165) is 59.6 Å². The van der Waals surface area contributed by atoms with Crippen molar-refractivity contribution in [2.45, 2.75) is 12.5 Å². The van der Waals surface area contributed by atoms with E-state index >= 15 is 0 Å². The highest BCUT2D eigenvalue weighted by Gasteiger charge is 2.24. The average Bonchev–Trinajstić information content (AvgIpc) is 3.35. The highest BCUT2D eigenvalue weighted by Crippen LogP contribution is 2.29. The summed E-state index contributed by atoms with van der Waals surface area (Å²) in [6, 6.07) is 20.5. The molecule has 1 atom stereocenters. The van der Waals surface area contributed by atoms with Gasteiger partial charge in [0, 0.05) is 56.2 Å². The fourth-order valence-corrected chi connectivity index (χ4v) is 4.45. The van der Waals surface area contributed by atoms with Crippen molar-refractivity contribution in [1.29, 1.82) is 0 Å². The second kappa shape index (κ2) is 10.7. The SMILES string of the molecule is CN/C(=C\N(N)c1ccc2[nH]nc(-c3ccncc3)c2c1)C1CN(CCc2ccccc2)CCO1. The van der Waals surface area contributed by atoms with Gasteiger partial charge in [0.2, 0.25) is 0 Å². The summed E-state index contributed by atoms with van der Waals surface area (Å²) < 4.78 is 6.11. The Hall–Kier alpha value is -3.72. The number of morpholine rings is 1. The van der Waals surface area contributed by atoms with Crippen LogP contribution in [0.1, 0.15) is 5.56 Å². The summed E-state index contributed by atoms with van der Waals surface area (Å²) in [6.07, 6.45) is 6.41. The smallest absolute Gasteiger partial charge is 0.111 e. The lowest BCUT2D eigenvalue weighted by Crippen LogP contribution is -2.46. The molecule has 1 saturated heterocycles. The molecule has 1 unspecified atom stereocenters. The summed E-state index contributed by atoms with van der Waals surface area (Å²) >= 11 is 0. The Morgan fingerprint density at radius 2 is 2.03 bits per heavy atom. The van der Waals surface area contributed by atoms with Crippen molar-refractivity contribution in [2.75, 3.05) is 38.3 Å². The zero-order valence-electron chi connectivity index (χ0n) is 19.9. The largest absolute Gasteiger partial charge is 0.388 e. The third-order valence-electron chi connectivity index (χ3n) is 6.42. The molecule has 0 amide bonds. The number of hydrazine groups is 1. The van der Waals surface area contributed by atoms with Gasteiger partial charge in [0.25, 0.3) is 0 Å². The molecule has 4 N–H and O–H groups in total. The summed E-state index contributed by atoms with van der Waals surface area (Å²) in [5, 5.41) is 13.5. The zero-order chi connectivity index (χ0) is 24.0. The number of nitrogens with zero attached hydrogens (tertiary/aromatic N) is 4. The maximum absolute atomic E-state index is 6.50. The van der Waals surface area contributed by atoms with Gasteiger partial charge in [-0.05, 0) is 42.3 Å². The zero-order valence-corrected chi connectivity index (χ0v) is 19.9. The third kappa shape index (κ3) is 5.35. The molecule has 1 aliphatic rings. The van der Waals surface area contributed by atoms with Crippen LogP contribution in [0.4, 0.5) is 5.69 Å². The fourth-order valence-electron chi connectivity index (χ4n) is 4.45. The lowest BCUT2D eigenvalue weighted by Gasteiger charge is -2.34. The first-order valence-electron chi connectivity index (χ1n) is 11.9. The molecule has 0 bridgehead atoms. The number of anilines is 1. The average molecular weight is 470 g/mol. The standard InChI is InChI=1S/C27H31N7O/c1-29-25(26-19-33(15-16-35-26)14-11-20-5-3-2-4-6-20)18-34(28)22-7-8-24-23(17-22)27(32-31-24)21-9-12-30-13-10-21/h2-10,12-13,17-18,26,29H,11,14-16,19,28H2,1H3,(H,31,32)/b25-18-. The van der Waals surface area contributed by atoms with Crippen molar-refractivity contribution in [1.82, 2.24) is 25.4 Å². The monoisotopic (exact) mass is 469 g/mol. The number of hydrogen-bond acceptors (Lipinski definition) is 7. The maximum Gasteiger partial charge on any atom is 0.111 e. The van der Waals surface area contributed by atoms with Gasteiger partial charge in [0.15, 0.2) is 0 Å². The first kappa shape index (κ1) is 23.0. The molecular formula is C27H31N7O. The molecule has 2 aromatic carbocycles. The highest BCUT2D eigenvalue weighted by atomic mass is 16.5. The number of fused-ring (bicyclic) bond motifs is 1. The minimum atomic E-state index is -0.0689. The molecule has 0 spiro atoms. The van der Waals surface area contributed by atoms with E-state index in [1.807, 2.05) is 43.6 Å². The summed E-state index contributed by atoms with van der Waals surface area (Å²) in [4.78, 5) is 6.55. The Labute approximate surface area is 205 Å². The number of rotatable bonds is 8. The second-order valence-electron chi connectivity index (χ2n) is 8.68. The number of benzene rings is 2. The lowest BCUT2D eigenvalue weighted by atomic mass is 10.1. The molecule has 0 saturated carbocycles. The molecule has 1 fully saturated rings. The topological polar surface area (TPSA) is 95.3 Å². The molecule has 0 radical (unpaired) electrons. The number of H-pyrrole nitrogens is 1.